The van der Waals surface area contributed by atoms with Crippen molar-refractivity contribution in [2.75, 3.05) is 32.0 Å². The van der Waals surface area contributed by atoms with Crippen LogP contribution in [0.1, 0.15) is 93.6 Å². The lowest BCUT2D eigenvalue weighted by Gasteiger charge is -2.31. The zero-order valence-corrected chi connectivity index (χ0v) is 34.1. The van der Waals surface area contributed by atoms with Crippen LogP contribution in [0.4, 0.5) is 23.7 Å². The number of halogens is 3. The molecule has 18 heteroatoms. The Kier molecular flexibility index (Phi) is 12.4. The predicted octanol–water partition coefficient (Wildman–Crippen LogP) is 6.34. The third kappa shape index (κ3) is 10.1. The molecule has 3 heterocycles. The SMILES string of the molecule is CN(CCNC(=O)NCc1cccc(Oc2cccc3c2C(=O)NC(=O)C3=O)c1)CC1CCC(n2cc3cc(NC(=O)c4cccc(C(F)(F)F)n4)c(C(C)(C)O)cc3n2)CC1. The maximum absolute atomic E-state index is 13.2. The van der Waals surface area contributed by atoms with Crippen LogP contribution in [0.2, 0.25) is 0 Å². The highest BCUT2D eigenvalue weighted by Crippen LogP contribution is 2.37. The smallest absolute Gasteiger partial charge is 0.433 e. The number of nitrogens with zero attached hydrogens (tertiary/aromatic N) is 4. The van der Waals surface area contributed by atoms with Crippen molar-refractivity contribution in [3.8, 4) is 11.5 Å². The first-order valence-electron chi connectivity index (χ1n) is 20.0. The molecule has 0 unspecified atom stereocenters. The average Bonchev–Trinajstić information content (AvgIpc) is 3.65. The van der Waals surface area contributed by atoms with Gasteiger partial charge in [0.2, 0.25) is 0 Å². The van der Waals surface area contributed by atoms with E-state index in [-0.39, 0.29) is 41.2 Å². The number of carbonyl (C=O) groups is 5. The van der Waals surface area contributed by atoms with Gasteiger partial charge in [0.05, 0.1) is 22.7 Å². The number of pyridine rings is 1. The van der Waals surface area contributed by atoms with Gasteiger partial charge in [0.25, 0.3) is 23.5 Å². The van der Waals surface area contributed by atoms with E-state index in [4.69, 9.17) is 9.84 Å². The molecule has 5 aromatic rings. The summed E-state index contributed by atoms with van der Waals surface area (Å²) in [6.45, 7) is 5.21. The van der Waals surface area contributed by atoms with Crippen LogP contribution in [-0.2, 0) is 23.1 Å². The fraction of sp³-hybridized carbons (Fsp3) is 0.341. The summed E-state index contributed by atoms with van der Waals surface area (Å²) in [6.07, 6.45) is 0.850. The molecule has 324 valence electrons. The maximum Gasteiger partial charge on any atom is 0.433 e. The summed E-state index contributed by atoms with van der Waals surface area (Å²) in [5.41, 5.74) is -1.11. The monoisotopic (exact) mass is 854 g/mol. The molecular weight excluding hydrogens is 810 g/mol. The first kappa shape index (κ1) is 43.4. The van der Waals surface area contributed by atoms with E-state index in [0.717, 1.165) is 49.9 Å². The summed E-state index contributed by atoms with van der Waals surface area (Å²) in [6, 6.07) is 17.6. The third-order valence-electron chi connectivity index (χ3n) is 10.9. The second-order valence-corrected chi connectivity index (χ2v) is 16.1. The molecule has 1 fully saturated rings. The molecule has 5 N–H and O–H groups in total. The van der Waals surface area contributed by atoms with Crippen LogP contribution >= 0.6 is 0 Å². The molecule has 2 aliphatic rings. The Morgan fingerprint density at radius 2 is 1.69 bits per heavy atom. The Bertz CT molecular complexity index is 2540. The highest BCUT2D eigenvalue weighted by molar-refractivity contribution is 6.49. The molecule has 1 saturated carbocycles. The van der Waals surface area contributed by atoms with Crippen molar-refractivity contribution in [3.63, 3.8) is 0 Å². The second kappa shape index (κ2) is 17.7. The Labute approximate surface area is 354 Å². The summed E-state index contributed by atoms with van der Waals surface area (Å²) >= 11 is 0. The van der Waals surface area contributed by atoms with Crippen LogP contribution in [0.3, 0.4) is 0 Å². The van der Waals surface area contributed by atoms with Gasteiger partial charge in [0.15, 0.2) is 0 Å². The quantitative estimate of drug-likeness (QED) is 0.0659. The van der Waals surface area contributed by atoms with Crippen LogP contribution in [0, 0.1) is 5.92 Å². The van der Waals surface area contributed by atoms with E-state index in [1.807, 2.05) is 23.2 Å². The lowest BCUT2D eigenvalue weighted by atomic mass is 9.86. The normalized spacial score (nSPS) is 16.8. The van der Waals surface area contributed by atoms with Gasteiger partial charge < -0.3 is 30.7 Å². The zero-order chi connectivity index (χ0) is 44.3. The van der Waals surface area contributed by atoms with E-state index < -0.39 is 46.7 Å². The molecule has 3 aromatic carbocycles. The van der Waals surface area contributed by atoms with Crippen LogP contribution in [0.15, 0.2) is 79.0 Å². The van der Waals surface area contributed by atoms with Crippen molar-refractivity contribution in [1.82, 2.24) is 35.6 Å². The largest absolute Gasteiger partial charge is 0.456 e. The van der Waals surface area contributed by atoms with Crippen LogP contribution in [0.25, 0.3) is 10.9 Å². The Morgan fingerprint density at radius 1 is 0.952 bits per heavy atom. The summed E-state index contributed by atoms with van der Waals surface area (Å²) < 4.78 is 47.5. The number of hydrogen-bond donors (Lipinski definition) is 5. The Hall–Kier alpha value is -6.66. The molecule has 62 heavy (non-hydrogen) atoms. The van der Waals surface area contributed by atoms with Crippen molar-refractivity contribution < 1.29 is 47.0 Å². The van der Waals surface area contributed by atoms with Crippen molar-refractivity contribution in [1.29, 1.82) is 0 Å². The molecule has 2 aromatic heterocycles. The van der Waals surface area contributed by atoms with E-state index in [1.54, 1.807) is 50.2 Å². The van der Waals surface area contributed by atoms with E-state index in [1.165, 1.54) is 24.3 Å². The number of aliphatic hydroxyl groups is 1. The van der Waals surface area contributed by atoms with E-state index in [2.05, 4.69) is 25.8 Å². The summed E-state index contributed by atoms with van der Waals surface area (Å²) in [5, 5.41) is 26.8. The lowest BCUT2D eigenvalue weighted by Crippen LogP contribution is -2.42. The maximum atomic E-state index is 13.2. The highest BCUT2D eigenvalue weighted by atomic mass is 19.4. The number of ketones is 1. The zero-order valence-electron chi connectivity index (χ0n) is 34.1. The number of fused-ring (bicyclic) bond motifs is 2. The Balaban J connectivity index is 0.864. The number of benzene rings is 3. The number of alkyl halides is 3. The third-order valence-corrected chi connectivity index (χ3v) is 10.9. The first-order chi connectivity index (χ1) is 29.4. The molecule has 7 rings (SSSR count). The van der Waals surface area contributed by atoms with E-state index in [9.17, 15) is 42.3 Å². The van der Waals surface area contributed by atoms with Crippen LogP contribution < -0.4 is 26.0 Å². The molecular formula is C44H45F3N8O7. The summed E-state index contributed by atoms with van der Waals surface area (Å²) in [4.78, 5) is 67.8. The molecule has 15 nitrogen and oxygen atoms in total. The lowest BCUT2D eigenvalue weighted by molar-refractivity contribution is -0.141. The van der Waals surface area contributed by atoms with Crippen molar-refractivity contribution in [2.45, 2.75) is 63.9 Å². The number of Topliss-reactive ketones (excluding diaryl/α,β-unsaturated/α-hetero) is 1. The number of nitrogens with one attached hydrogen (secondary N) is 4. The van der Waals surface area contributed by atoms with Crippen LogP contribution in [-0.4, -0.2) is 81.0 Å². The molecule has 0 atom stereocenters. The standard InChI is InChI=1S/C44H45F3N8O7/c1-43(2,61)31-21-33-27(20-34(31)51-39(57)32-10-6-12-36(50-32)44(45,46)47)24-55(53-33)28-15-13-25(14-16-28)23-54(3)18-17-48-42(60)49-22-26-7-4-8-29(19-26)62-35-11-5-9-30-37(35)40(58)52-41(59)38(30)56/h4-12,19-21,24-25,28,61H,13-18,22-23H2,1-3H3,(H,51,57)(H2,48,49,60)(H,52,58,59). The molecule has 0 spiro atoms. The van der Waals surface area contributed by atoms with Gasteiger partial charge in [-0.1, -0.05) is 24.3 Å². The predicted molar refractivity (Wildman–Crippen MR) is 221 cm³/mol. The molecule has 0 radical (unpaired) electrons. The molecule has 5 amide bonds. The number of amides is 5. The van der Waals surface area contributed by atoms with E-state index >= 15 is 0 Å². The van der Waals surface area contributed by atoms with Crippen molar-refractivity contribution in [3.05, 3.63) is 113 Å². The number of hydrogen-bond acceptors (Lipinski definition) is 10. The van der Waals surface area contributed by atoms with Gasteiger partial charge in [-0.15, -0.1) is 0 Å². The fourth-order valence-corrected chi connectivity index (χ4v) is 7.75. The molecule has 1 aliphatic heterocycles. The number of urea groups is 1. The van der Waals surface area contributed by atoms with Gasteiger partial charge in [0.1, 0.15) is 22.9 Å². The number of anilines is 1. The van der Waals surface area contributed by atoms with Gasteiger partial charge in [-0.05, 0) is 107 Å². The fourth-order valence-electron chi connectivity index (χ4n) is 7.75. The first-order valence-corrected chi connectivity index (χ1v) is 20.0. The summed E-state index contributed by atoms with van der Waals surface area (Å²) in [5.74, 6) is -2.43. The van der Waals surface area contributed by atoms with Crippen LogP contribution in [0.5, 0.6) is 11.5 Å². The van der Waals surface area contributed by atoms with Crippen molar-refractivity contribution in [2.24, 2.45) is 5.92 Å². The highest BCUT2D eigenvalue weighted by Gasteiger charge is 2.34. The number of imide groups is 1. The number of likely N-dealkylation sites (N-methyl/N-ethyl adjacent to an activating group) is 1. The summed E-state index contributed by atoms with van der Waals surface area (Å²) in [7, 11) is 2.01. The topological polar surface area (TPSA) is 197 Å². The van der Waals surface area contributed by atoms with Gasteiger partial charge in [0, 0.05) is 54.6 Å². The van der Waals surface area contributed by atoms with Crippen molar-refractivity contribution >= 4 is 46.1 Å². The number of rotatable bonds is 13. The Morgan fingerprint density at radius 3 is 2.44 bits per heavy atom. The average molecular weight is 855 g/mol. The van der Waals surface area contributed by atoms with Gasteiger partial charge in [-0.25, -0.2) is 9.78 Å². The second-order valence-electron chi connectivity index (χ2n) is 16.1. The minimum absolute atomic E-state index is 0.0199. The minimum atomic E-state index is -4.71. The number of aromatic nitrogens is 3. The van der Waals surface area contributed by atoms with Gasteiger partial charge in [-0.2, -0.15) is 18.3 Å². The van der Waals surface area contributed by atoms with Gasteiger partial charge in [-0.3, -0.25) is 29.2 Å². The number of ether oxygens (including phenoxy) is 1. The van der Waals surface area contributed by atoms with Gasteiger partial charge >= 0.3 is 12.2 Å². The number of carbonyl (C=O) groups excluding carboxylic acids is 5. The van der Waals surface area contributed by atoms with E-state index in [0.29, 0.717) is 41.2 Å². The molecule has 1 aliphatic carbocycles. The molecule has 0 saturated heterocycles. The minimum Gasteiger partial charge on any atom is -0.456 e. The molecule has 0 bridgehead atoms.